The summed E-state index contributed by atoms with van der Waals surface area (Å²) < 4.78 is 5.33. The van der Waals surface area contributed by atoms with Gasteiger partial charge in [0.05, 0.1) is 13.2 Å². The fourth-order valence-corrected chi connectivity index (χ4v) is 4.02. The van der Waals surface area contributed by atoms with Gasteiger partial charge >= 0.3 is 6.03 Å². The fraction of sp³-hybridized carbons (Fsp3) is 0.375. The van der Waals surface area contributed by atoms with Crippen LogP contribution >= 0.6 is 0 Å². The number of hydrogen-bond acceptors (Lipinski definition) is 4. The van der Waals surface area contributed by atoms with E-state index in [0.717, 1.165) is 11.1 Å². The van der Waals surface area contributed by atoms with E-state index in [1.165, 1.54) is 4.90 Å². The molecule has 4 amide bonds. The van der Waals surface area contributed by atoms with Gasteiger partial charge in [0.15, 0.2) is 0 Å². The summed E-state index contributed by atoms with van der Waals surface area (Å²) in [4.78, 5) is 42.0. The maximum absolute atomic E-state index is 13.0. The van der Waals surface area contributed by atoms with E-state index in [1.807, 2.05) is 60.7 Å². The SMILES string of the molecule is O=C(NCc1ccccc1)[C@H]1C[C@@H](C(=O)N2CCOCC2)N1C(=O)NCc1ccccc1. The molecule has 0 aliphatic carbocycles. The topological polar surface area (TPSA) is 91.0 Å². The number of urea groups is 1. The Hall–Kier alpha value is -3.39. The molecular weight excluding hydrogens is 408 g/mol. The van der Waals surface area contributed by atoms with Crippen molar-refractivity contribution in [3.63, 3.8) is 0 Å². The largest absolute Gasteiger partial charge is 0.378 e. The lowest BCUT2D eigenvalue weighted by molar-refractivity contribution is -0.150. The van der Waals surface area contributed by atoms with Crippen molar-refractivity contribution in [2.75, 3.05) is 26.3 Å². The summed E-state index contributed by atoms with van der Waals surface area (Å²) in [5.41, 5.74) is 1.92. The monoisotopic (exact) mass is 436 g/mol. The Balaban J connectivity index is 1.42. The molecule has 0 aromatic heterocycles. The highest BCUT2D eigenvalue weighted by Gasteiger charge is 2.50. The molecule has 0 saturated carbocycles. The molecule has 0 radical (unpaired) electrons. The molecule has 2 aliphatic rings. The minimum atomic E-state index is -0.676. The molecule has 2 aliphatic heterocycles. The Bertz CT molecular complexity index is 932. The second kappa shape index (κ2) is 10.3. The van der Waals surface area contributed by atoms with E-state index in [-0.39, 0.29) is 11.8 Å². The molecule has 2 atom stereocenters. The van der Waals surface area contributed by atoms with Crippen molar-refractivity contribution in [3.05, 3.63) is 71.8 Å². The normalized spacial score (nSPS) is 20.2. The highest BCUT2D eigenvalue weighted by atomic mass is 16.5. The molecule has 2 aromatic rings. The van der Waals surface area contributed by atoms with Crippen LogP contribution in [0.2, 0.25) is 0 Å². The second-order valence-corrected chi connectivity index (χ2v) is 7.96. The van der Waals surface area contributed by atoms with Gasteiger partial charge in [-0.15, -0.1) is 0 Å². The number of amides is 4. The van der Waals surface area contributed by atoms with Crippen LogP contribution < -0.4 is 10.6 Å². The van der Waals surface area contributed by atoms with Crippen LogP contribution in [0.25, 0.3) is 0 Å². The molecular formula is C24H28N4O4. The number of nitrogens with one attached hydrogen (secondary N) is 2. The first kappa shape index (κ1) is 21.8. The number of benzene rings is 2. The Morgan fingerprint density at radius 1 is 0.812 bits per heavy atom. The average molecular weight is 437 g/mol. The summed E-state index contributed by atoms with van der Waals surface area (Å²) in [6.07, 6.45) is 0.315. The summed E-state index contributed by atoms with van der Waals surface area (Å²) in [7, 11) is 0. The Kier molecular flexibility index (Phi) is 7.01. The van der Waals surface area contributed by atoms with Crippen LogP contribution in [-0.2, 0) is 27.4 Å². The third-order valence-corrected chi connectivity index (χ3v) is 5.86. The number of nitrogens with zero attached hydrogens (tertiary/aromatic N) is 2. The fourth-order valence-electron chi connectivity index (χ4n) is 4.02. The van der Waals surface area contributed by atoms with Crippen molar-refractivity contribution < 1.29 is 19.1 Å². The summed E-state index contributed by atoms with van der Waals surface area (Å²) >= 11 is 0. The first-order valence-corrected chi connectivity index (χ1v) is 10.9. The maximum Gasteiger partial charge on any atom is 0.319 e. The van der Waals surface area contributed by atoms with Gasteiger partial charge in [-0.1, -0.05) is 60.7 Å². The standard InChI is InChI=1S/C24H28N4O4/c29-22(25-16-18-7-3-1-4-8-18)20-15-21(23(30)27-11-13-32-14-12-27)28(20)24(31)26-17-19-9-5-2-6-10-19/h1-10,20-21H,11-17H2,(H,25,29)(H,26,31)/t20-,21+/m1/s1. The van der Waals surface area contributed by atoms with Crippen molar-refractivity contribution in [1.29, 1.82) is 0 Å². The van der Waals surface area contributed by atoms with Gasteiger partial charge in [-0.3, -0.25) is 9.59 Å². The van der Waals surface area contributed by atoms with Gasteiger partial charge in [-0.25, -0.2) is 4.79 Å². The number of morpholine rings is 1. The number of rotatable bonds is 6. The molecule has 0 bridgehead atoms. The van der Waals surface area contributed by atoms with Gasteiger partial charge in [0.25, 0.3) is 0 Å². The zero-order valence-corrected chi connectivity index (χ0v) is 17.9. The number of carbonyl (C=O) groups excluding carboxylic acids is 3. The van der Waals surface area contributed by atoms with Gasteiger partial charge in [0, 0.05) is 32.6 Å². The molecule has 32 heavy (non-hydrogen) atoms. The van der Waals surface area contributed by atoms with Crippen molar-refractivity contribution in [1.82, 2.24) is 20.4 Å². The second-order valence-electron chi connectivity index (χ2n) is 7.96. The van der Waals surface area contributed by atoms with E-state index in [9.17, 15) is 14.4 Å². The molecule has 2 aromatic carbocycles. The predicted molar refractivity (Wildman–Crippen MR) is 118 cm³/mol. The summed E-state index contributed by atoms with van der Waals surface area (Å²) in [5.74, 6) is -0.384. The third kappa shape index (κ3) is 5.08. The number of hydrogen-bond donors (Lipinski definition) is 2. The summed E-state index contributed by atoms with van der Waals surface area (Å²) in [5, 5.41) is 5.75. The van der Waals surface area contributed by atoms with Crippen LogP contribution in [0.3, 0.4) is 0 Å². The number of carbonyl (C=O) groups is 3. The van der Waals surface area contributed by atoms with Gasteiger partial charge in [0.2, 0.25) is 11.8 Å². The summed E-state index contributed by atoms with van der Waals surface area (Å²) in [6.45, 7) is 2.67. The smallest absolute Gasteiger partial charge is 0.319 e. The molecule has 8 heteroatoms. The molecule has 0 spiro atoms. The van der Waals surface area contributed by atoms with Crippen LogP contribution in [0, 0.1) is 0 Å². The molecule has 168 valence electrons. The minimum Gasteiger partial charge on any atom is -0.378 e. The zero-order chi connectivity index (χ0) is 22.3. The maximum atomic E-state index is 13.0. The minimum absolute atomic E-state index is 0.129. The highest BCUT2D eigenvalue weighted by Crippen LogP contribution is 2.28. The summed E-state index contributed by atoms with van der Waals surface area (Å²) in [6, 6.07) is 17.4. The number of likely N-dealkylation sites (tertiary alicyclic amines) is 1. The van der Waals surface area contributed by atoms with Gasteiger partial charge in [-0.2, -0.15) is 0 Å². The van der Waals surface area contributed by atoms with Crippen molar-refractivity contribution >= 4 is 17.8 Å². The van der Waals surface area contributed by atoms with Crippen molar-refractivity contribution in [2.24, 2.45) is 0 Å². The van der Waals surface area contributed by atoms with Crippen LogP contribution in [0.4, 0.5) is 4.79 Å². The highest BCUT2D eigenvalue weighted by molar-refractivity contribution is 5.96. The quantitative estimate of drug-likeness (QED) is 0.718. The average Bonchev–Trinajstić information content (AvgIpc) is 2.82. The third-order valence-electron chi connectivity index (χ3n) is 5.86. The van der Waals surface area contributed by atoms with E-state index in [0.29, 0.717) is 45.8 Å². The Morgan fingerprint density at radius 2 is 1.38 bits per heavy atom. The van der Waals surface area contributed by atoms with Crippen LogP contribution in [0.5, 0.6) is 0 Å². The molecule has 4 rings (SSSR count). The molecule has 2 N–H and O–H groups in total. The van der Waals surface area contributed by atoms with Crippen molar-refractivity contribution in [3.8, 4) is 0 Å². The van der Waals surface area contributed by atoms with Gasteiger partial charge < -0.3 is 25.2 Å². The van der Waals surface area contributed by atoms with Crippen LogP contribution in [0.15, 0.2) is 60.7 Å². The van der Waals surface area contributed by atoms with E-state index in [2.05, 4.69) is 10.6 Å². The molecule has 8 nitrogen and oxygen atoms in total. The van der Waals surface area contributed by atoms with Gasteiger partial charge in [-0.05, 0) is 11.1 Å². The van der Waals surface area contributed by atoms with Gasteiger partial charge in [0.1, 0.15) is 12.1 Å². The molecule has 2 saturated heterocycles. The lowest BCUT2D eigenvalue weighted by Gasteiger charge is -2.48. The van der Waals surface area contributed by atoms with Crippen LogP contribution in [0.1, 0.15) is 17.5 Å². The molecule has 2 heterocycles. The predicted octanol–water partition coefficient (Wildman–Crippen LogP) is 1.51. The zero-order valence-electron chi connectivity index (χ0n) is 17.9. The lowest BCUT2D eigenvalue weighted by atomic mass is 9.91. The Labute approximate surface area is 187 Å². The van der Waals surface area contributed by atoms with E-state index < -0.39 is 18.1 Å². The lowest BCUT2D eigenvalue weighted by Crippen LogP contribution is -2.70. The molecule has 2 fully saturated rings. The van der Waals surface area contributed by atoms with E-state index >= 15 is 0 Å². The van der Waals surface area contributed by atoms with E-state index in [1.54, 1.807) is 4.90 Å². The first-order chi connectivity index (χ1) is 15.6. The first-order valence-electron chi connectivity index (χ1n) is 10.9. The number of ether oxygens (including phenoxy) is 1. The van der Waals surface area contributed by atoms with Crippen molar-refractivity contribution in [2.45, 2.75) is 31.6 Å². The van der Waals surface area contributed by atoms with E-state index in [4.69, 9.17) is 4.74 Å². The van der Waals surface area contributed by atoms with Crippen LogP contribution in [-0.4, -0.2) is 66.0 Å². The molecule has 0 unspecified atom stereocenters. The Morgan fingerprint density at radius 3 is 1.97 bits per heavy atom.